The fourth-order valence-electron chi connectivity index (χ4n) is 4.16. The molecule has 148 valence electrons. The molecular weight excluding hydrogens is 338 g/mol. The van der Waals surface area contributed by atoms with Gasteiger partial charge in [-0.25, -0.2) is 0 Å². The summed E-state index contributed by atoms with van der Waals surface area (Å²) in [6.45, 7) is 9.38. The summed E-state index contributed by atoms with van der Waals surface area (Å²) in [5, 5.41) is 3.08. The lowest BCUT2D eigenvalue weighted by molar-refractivity contribution is -0.138. The Morgan fingerprint density at radius 2 is 1.44 bits per heavy atom. The minimum atomic E-state index is -0.192. The van der Waals surface area contributed by atoms with E-state index in [1.807, 2.05) is 31.7 Å². The molecule has 0 radical (unpaired) electrons. The van der Waals surface area contributed by atoms with E-state index < -0.39 is 0 Å². The van der Waals surface area contributed by atoms with Crippen molar-refractivity contribution in [1.29, 1.82) is 0 Å². The number of para-hydroxylation sites is 1. The SMILES string of the molecule is CC(C)(C)NC(=O)C1CCC(C(=O)N2CCN(c3ccccc3)CC2)CC1. The first kappa shape index (κ1) is 19.7. The first-order chi connectivity index (χ1) is 12.8. The Kier molecular flexibility index (Phi) is 6.08. The molecule has 2 fully saturated rings. The highest BCUT2D eigenvalue weighted by atomic mass is 16.2. The summed E-state index contributed by atoms with van der Waals surface area (Å²) in [6.07, 6.45) is 3.31. The van der Waals surface area contributed by atoms with Crippen molar-refractivity contribution >= 4 is 17.5 Å². The van der Waals surface area contributed by atoms with Gasteiger partial charge in [-0.05, 0) is 58.6 Å². The van der Waals surface area contributed by atoms with Gasteiger partial charge in [0.25, 0.3) is 0 Å². The van der Waals surface area contributed by atoms with E-state index in [1.165, 1.54) is 5.69 Å². The third-order valence-electron chi connectivity index (χ3n) is 5.66. The van der Waals surface area contributed by atoms with Gasteiger partial charge in [-0.3, -0.25) is 9.59 Å². The number of amides is 2. The molecule has 1 heterocycles. The largest absolute Gasteiger partial charge is 0.368 e. The van der Waals surface area contributed by atoms with Gasteiger partial charge in [-0.15, -0.1) is 0 Å². The standard InChI is InChI=1S/C22H33N3O2/c1-22(2,3)23-20(26)17-9-11-18(12-10-17)21(27)25-15-13-24(14-16-25)19-7-5-4-6-8-19/h4-8,17-18H,9-16H2,1-3H3,(H,23,26). The van der Waals surface area contributed by atoms with Crippen LogP contribution in [0.25, 0.3) is 0 Å². The van der Waals surface area contributed by atoms with Crippen LogP contribution in [0, 0.1) is 11.8 Å². The molecule has 1 saturated heterocycles. The predicted octanol–water partition coefficient (Wildman–Crippen LogP) is 3.06. The highest BCUT2D eigenvalue weighted by Crippen LogP contribution is 2.31. The number of carbonyl (C=O) groups excluding carboxylic acids is 2. The number of anilines is 1. The normalized spacial score (nSPS) is 23.8. The molecule has 1 saturated carbocycles. The predicted molar refractivity (Wildman–Crippen MR) is 109 cm³/mol. The number of benzene rings is 1. The van der Waals surface area contributed by atoms with Crippen LogP contribution in [-0.2, 0) is 9.59 Å². The Morgan fingerprint density at radius 3 is 2.00 bits per heavy atom. The van der Waals surface area contributed by atoms with E-state index in [4.69, 9.17) is 0 Å². The lowest BCUT2D eigenvalue weighted by Crippen LogP contribution is -2.51. The second kappa shape index (κ2) is 8.32. The number of hydrogen-bond donors (Lipinski definition) is 1. The van der Waals surface area contributed by atoms with Crippen LogP contribution < -0.4 is 10.2 Å². The molecule has 0 aromatic heterocycles. The average molecular weight is 372 g/mol. The van der Waals surface area contributed by atoms with Crippen LogP contribution in [0.5, 0.6) is 0 Å². The topological polar surface area (TPSA) is 52.7 Å². The summed E-state index contributed by atoms with van der Waals surface area (Å²) in [7, 11) is 0. The Balaban J connectivity index is 1.45. The van der Waals surface area contributed by atoms with E-state index >= 15 is 0 Å². The molecule has 27 heavy (non-hydrogen) atoms. The van der Waals surface area contributed by atoms with Crippen LogP contribution in [0.4, 0.5) is 5.69 Å². The van der Waals surface area contributed by atoms with Gasteiger partial charge < -0.3 is 15.1 Å². The zero-order valence-corrected chi connectivity index (χ0v) is 16.9. The van der Waals surface area contributed by atoms with E-state index in [-0.39, 0.29) is 29.2 Å². The summed E-state index contributed by atoms with van der Waals surface area (Å²) < 4.78 is 0. The highest BCUT2D eigenvalue weighted by Gasteiger charge is 2.34. The molecule has 0 atom stereocenters. The second-order valence-electron chi connectivity index (χ2n) is 8.94. The van der Waals surface area contributed by atoms with E-state index in [2.05, 4.69) is 34.5 Å². The third-order valence-corrected chi connectivity index (χ3v) is 5.66. The van der Waals surface area contributed by atoms with E-state index in [1.54, 1.807) is 0 Å². The number of hydrogen-bond acceptors (Lipinski definition) is 3. The summed E-state index contributed by atoms with van der Waals surface area (Å²) in [5.74, 6) is 0.581. The number of nitrogens with zero attached hydrogens (tertiary/aromatic N) is 2. The molecular formula is C22H33N3O2. The van der Waals surface area contributed by atoms with Gasteiger partial charge in [0, 0.05) is 49.2 Å². The van der Waals surface area contributed by atoms with Gasteiger partial charge in [-0.2, -0.15) is 0 Å². The summed E-state index contributed by atoms with van der Waals surface area (Å²) >= 11 is 0. The average Bonchev–Trinajstić information content (AvgIpc) is 2.67. The molecule has 5 nitrogen and oxygen atoms in total. The van der Waals surface area contributed by atoms with Crippen molar-refractivity contribution in [3.63, 3.8) is 0 Å². The van der Waals surface area contributed by atoms with Crippen molar-refractivity contribution in [1.82, 2.24) is 10.2 Å². The lowest BCUT2D eigenvalue weighted by Gasteiger charge is -2.39. The number of piperazine rings is 1. The maximum atomic E-state index is 12.9. The van der Waals surface area contributed by atoms with E-state index in [0.717, 1.165) is 51.9 Å². The zero-order valence-electron chi connectivity index (χ0n) is 16.9. The van der Waals surface area contributed by atoms with Gasteiger partial charge in [-0.1, -0.05) is 18.2 Å². The van der Waals surface area contributed by atoms with Gasteiger partial charge in [0.15, 0.2) is 0 Å². The van der Waals surface area contributed by atoms with Crippen LogP contribution in [0.2, 0.25) is 0 Å². The third kappa shape index (κ3) is 5.24. The maximum Gasteiger partial charge on any atom is 0.225 e. The number of nitrogens with one attached hydrogen (secondary N) is 1. The fourth-order valence-corrected chi connectivity index (χ4v) is 4.16. The number of rotatable bonds is 3. The molecule has 0 bridgehead atoms. The van der Waals surface area contributed by atoms with Gasteiger partial charge in [0.1, 0.15) is 0 Å². The van der Waals surface area contributed by atoms with Crippen molar-refractivity contribution in [2.24, 2.45) is 11.8 Å². The molecule has 2 aliphatic rings. The number of carbonyl (C=O) groups is 2. The molecule has 2 amide bonds. The molecule has 0 unspecified atom stereocenters. The molecule has 0 spiro atoms. The van der Waals surface area contributed by atoms with Crippen molar-refractivity contribution in [2.75, 3.05) is 31.1 Å². The van der Waals surface area contributed by atoms with Gasteiger partial charge in [0.2, 0.25) is 11.8 Å². The summed E-state index contributed by atoms with van der Waals surface area (Å²) in [6, 6.07) is 10.4. The molecule has 1 aromatic rings. The van der Waals surface area contributed by atoms with Gasteiger partial charge in [0.05, 0.1) is 0 Å². The smallest absolute Gasteiger partial charge is 0.225 e. The lowest BCUT2D eigenvalue weighted by atomic mass is 9.80. The van der Waals surface area contributed by atoms with Crippen LogP contribution in [-0.4, -0.2) is 48.4 Å². The van der Waals surface area contributed by atoms with Crippen LogP contribution in [0.1, 0.15) is 46.5 Å². The first-order valence-electron chi connectivity index (χ1n) is 10.2. The monoisotopic (exact) mass is 371 g/mol. The Labute approximate surface area is 163 Å². The van der Waals surface area contributed by atoms with Crippen LogP contribution >= 0.6 is 0 Å². The second-order valence-corrected chi connectivity index (χ2v) is 8.94. The van der Waals surface area contributed by atoms with Crippen molar-refractivity contribution in [3.05, 3.63) is 30.3 Å². The summed E-state index contributed by atoms with van der Waals surface area (Å²) in [4.78, 5) is 29.6. The quantitative estimate of drug-likeness (QED) is 0.888. The molecule has 1 N–H and O–H groups in total. The van der Waals surface area contributed by atoms with Gasteiger partial charge >= 0.3 is 0 Å². The molecule has 3 rings (SSSR count). The zero-order chi connectivity index (χ0) is 19.4. The van der Waals surface area contributed by atoms with Crippen LogP contribution in [0.3, 0.4) is 0 Å². The maximum absolute atomic E-state index is 12.9. The first-order valence-corrected chi connectivity index (χ1v) is 10.2. The van der Waals surface area contributed by atoms with E-state index in [0.29, 0.717) is 0 Å². The molecule has 5 heteroatoms. The van der Waals surface area contributed by atoms with Crippen molar-refractivity contribution in [3.8, 4) is 0 Å². The van der Waals surface area contributed by atoms with Crippen molar-refractivity contribution in [2.45, 2.75) is 52.0 Å². The van der Waals surface area contributed by atoms with Crippen molar-refractivity contribution < 1.29 is 9.59 Å². The Bertz CT molecular complexity index is 637. The van der Waals surface area contributed by atoms with E-state index in [9.17, 15) is 9.59 Å². The fraction of sp³-hybridized carbons (Fsp3) is 0.636. The molecule has 1 aliphatic heterocycles. The van der Waals surface area contributed by atoms with Crippen LogP contribution in [0.15, 0.2) is 30.3 Å². The molecule has 1 aromatic carbocycles. The Morgan fingerprint density at radius 1 is 0.889 bits per heavy atom. The highest BCUT2D eigenvalue weighted by molar-refractivity contribution is 5.81. The summed E-state index contributed by atoms with van der Waals surface area (Å²) in [5.41, 5.74) is 1.04. The Hall–Kier alpha value is -2.04. The minimum Gasteiger partial charge on any atom is -0.368 e. The minimum absolute atomic E-state index is 0.0585. The molecule has 1 aliphatic carbocycles.